The largest absolute Gasteiger partial charge is 0.438 e. The van der Waals surface area contributed by atoms with E-state index in [9.17, 15) is 0 Å². The molecule has 0 bridgehead atoms. The fourth-order valence-corrected chi connectivity index (χ4v) is 4.46. The van der Waals surface area contributed by atoms with Gasteiger partial charge < -0.3 is 14.2 Å². The normalized spacial score (nSPS) is 14.9. The monoisotopic (exact) mass is 410 g/mol. The van der Waals surface area contributed by atoms with E-state index in [4.69, 9.17) is 10.1 Å². The predicted octanol–water partition coefficient (Wildman–Crippen LogP) is 4.75. The number of aryl methyl sites for hydroxylation is 1. The quantitative estimate of drug-likeness (QED) is 0.455. The summed E-state index contributed by atoms with van der Waals surface area (Å²) in [4.78, 5) is 6.80. The molecule has 31 heavy (non-hydrogen) atoms. The molecule has 156 valence electrons. The van der Waals surface area contributed by atoms with Crippen LogP contribution in [0.3, 0.4) is 0 Å². The lowest BCUT2D eigenvalue weighted by Gasteiger charge is -2.29. The molecule has 5 heteroatoms. The first-order chi connectivity index (χ1) is 15.1. The maximum absolute atomic E-state index is 9.07. The Hall–Kier alpha value is -3.44. The Kier molecular flexibility index (Phi) is 5.04. The molecule has 5 nitrogen and oxygen atoms in total. The summed E-state index contributed by atoms with van der Waals surface area (Å²) in [5.41, 5.74) is 3.56. The first-order valence-electron chi connectivity index (χ1n) is 10.7. The maximum Gasteiger partial charge on any atom is 0.228 e. The molecule has 1 atom stereocenters. The lowest BCUT2D eigenvalue weighted by molar-refractivity contribution is 0.379. The molecule has 0 amide bonds. The van der Waals surface area contributed by atoms with Gasteiger partial charge in [-0.05, 0) is 49.5 Å². The molecule has 0 fully saturated rings. The number of ether oxygens (including phenoxy) is 1. The van der Waals surface area contributed by atoms with Crippen molar-refractivity contribution < 1.29 is 4.74 Å². The Labute approximate surface area is 182 Å². The van der Waals surface area contributed by atoms with E-state index in [0.29, 0.717) is 11.4 Å². The van der Waals surface area contributed by atoms with Gasteiger partial charge in [-0.3, -0.25) is 5.41 Å². The van der Waals surface area contributed by atoms with Crippen molar-refractivity contribution >= 4 is 10.8 Å². The molecule has 0 aliphatic carbocycles. The van der Waals surface area contributed by atoms with Crippen LogP contribution in [-0.2, 0) is 6.54 Å². The summed E-state index contributed by atoms with van der Waals surface area (Å²) in [5.74, 6) is 1.25. The molecular weight excluding hydrogens is 384 g/mol. The highest BCUT2D eigenvalue weighted by Crippen LogP contribution is 2.47. The smallest absolute Gasteiger partial charge is 0.228 e. The molecular formula is C26H26N4O. The molecule has 4 aromatic rings. The third-order valence-electron chi connectivity index (χ3n) is 5.94. The van der Waals surface area contributed by atoms with E-state index in [0.717, 1.165) is 47.3 Å². The van der Waals surface area contributed by atoms with Crippen molar-refractivity contribution in [2.75, 3.05) is 20.6 Å². The molecule has 1 aliphatic rings. The molecule has 1 aliphatic heterocycles. The van der Waals surface area contributed by atoms with Crippen LogP contribution in [0, 0.1) is 5.41 Å². The Morgan fingerprint density at radius 1 is 0.968 bits per heavy atom. The van der Waals surface area contributed by atoms with Gasteiger partial charge in [0.25, 0.3) is 0 Å². The SMILES string of the molecule is CN(C)CCCn1cnc2c(c1=N)[C@@H](c1ccccc1)c1c(ccc3ccccc13)O2. The van der Waals surface area contributed by atoms with Crippen LogP contribution in [0.5, 0.6) is 11.6 Å². The number of hydrogen-bond acceptors (Lipinski definition) is 4. The van der Waals surface area contributed by atoms with Crippen LogP contribution in [0.4, 0.5) is 0 Å². The zero-order chi connectivity index (χ0) is 21.4. The van der Waals surface area contributed by atoms with Gasteiger partial charge in [-0.25, -0.2) is 4.98 Å². The number of nitrogens with one attached hydrogen (secondary N) is 1. The van der Waals surface area contributed by atoms with E-state index in [2.05, 4.69) is 78.6 Å². The van der Waals surface area contributed by atoms with Gasteiger partial charge in [0, 0.05) is 18.0 Å². The standard InChI is InChI=1S/C26H26N4O/c1-29(2)15-8-16-30-17-28-26-24(25(30)27)22(19-10-4-3-5-11-19)23-20-12-7-6-9-18(20)13-14-21(23)31-26/h3-7,9-14,17,22,27H,8,15-16H2,1-2H3/t22-/m0/s1. The second-order valence-electron chi connectivity index (χ2n) is 8.31. The molecule has 0 radical (unpaired) electrons. The van der Waals surface area contributed by atoms with Gasteiger partial charge in [-0.1, -0.05) is 60.7 Å². The van der Waals surface area contributed by atoms with Gasteiger partial charge in [-0.15, -0.1) is 0 Å². The second kappa shape index (κ2) is 8.00. The second-order valence-corrected chi connectivity index (χ2v) is 8.31. The molecule has 3 aromatic carbocycles. The third kappa shape index (κ3) is 3.51. The van der Waals surface area contributed by atoms with Crippen LogP contribution in [-0.4, -0.2) is 35.1 Å². The van der Waals surface area contributed by atoms with E-state index in [1.165, 1.54) is 5.39 Å². The van der Waals surface area contributed by atoms with E-state index in [1.54, 1.807) is 6.33 Å². The van der Waals surface area contributed by atoms with Gasteiger partial charge in [0.05, 0.1) is 5.56 Å². The van der Waals surface area contributed by atoms with Crippen LogP contribution in [0.2, 0.25) is 0 Å². The molecule has 0 unspecified atom stereocenters. The van der Waals surface area contributed by atoms with E-state index in [1.807, 2.05) is 16.7 Å². The lowest BCUT2D eigenvalue weighted by atomic mass is 9.81. The highest BCUT2D eigenvalue weighted by Gasteiger charge is 2.33. The number of hydrogen-bond donors (Lipinski definition) is 1. The summed E-state index contributed by atoms with van der Waals surface area (Å²) in [6.45, 7) is 1.72. The lowest BCUT2D eigenvalue weighted by Crippen LogP contribution is -2.30. The molecule has 1 aromatic heterocycles. The first-order valence-corrected chi connectivity index (χ1v) is 10.7. The molecule has 1 N–H and O–H groups in total. The van der Waals surface area contributed by atoms with Crippen molar-refractivity contribution in [2.24, 2.45) is 0 Å². The van der Waals surface area contributed by atoms with Crippen LogP contribution in [0.1, 0.15) is 29.0 Å². The minimum atomic E-state index is -0.104. The summed E-state index contributed by atoms with van der Waals surface area (Å²) in [7, 11) is 4.14. The average Bonchev–Trinajstić information content (AvgIpc) is 2.79. The zero-order valence-electron chi connectivity index (χ0n) is 17.9. The van der Waals surface area contributed by atoms with Crippen LogP contribution >= 0.6 is 0 Å². The first kappa shape index (κ1) is 19.5. The topological polar surface area (TPSA) is 54.1 Å². The molecule has 0 saturated heterocycles. The number of aromatic nitrogens is 2. The molecule has 5 rings (SSSR count). The Morgan fingerprint density at radius 3 is 2.55 bits per heavy atom. The van der Waals surface area contributed by atoms with Gasteiger partial charge in [0.1, 0.15) is 17.6 Å². The van der Waals surface area contributed by atoms with Gasteiger partial charge >= 0.3 is 0 Å². The Balaban J connectivity index is 1.72. The number of fused-ring (bicyclic) bond motifs is 4. The highest BCUT2D eigenvalue weighted by molar-refractivity contribution is 5.90. The average molecular weight is 411 g/mol. The van der Waals surface area contributed by atoms with Crippen LogP contribution in [0.15, 0.2) is 73.1 Å². The molecule has 0 spiro atoms. The maximum atomic E-state index is 9.07. The van der Waals surface area contributed by atoms with Crippen molar-refractivity contribution in [2.45, 2.75) is 18.9 Å². The van der Waals surface area contributed by atoms with Gasteiger partial charge in [0.2, 0.25) is 5.88 Å². The van der Waals surface area contributed by atoms with Crippen molar-refractivity contribution in [1.29, 1.82) is 5.41 Å². The third-order valence-corrected chi connectivity index (χ3v) is 5.94. The van der Waals surface area contributed by atoms with Crippen molar-refractivity contribution in [3.8, 4) is 11.6 Å². The Bertz CT molecular complexity index is 1290. The van der Waals surface area contributed by atoms with Crippen molar-refractivity contribution in [1.82, 2.24) is 14.5 Å². The highest BCUT2D eigenvalue weighted by atomic mass is 16.5. The fourth-order valence-electron chi connectivity index (χ4n) is 4.46. The number of benzene rings is 3. The van der Waals surface area contributed by atoms with Gasteiger partial charge in [0.15, 0.2) is 0 Å². The number of nitrogens with zero attached hydrogens (tertiary/aromatic N) is 3. The molecule has 0 saturated carbocycles. The Morgan fingerprint density at radius 2 is 1.74 bits per heavy atom. The zero-order valence-corrected chi connectivity index (χ0v) is 17.9. The van der Waals surface area contributed by atoms with Crippen molar-refractivity contribution in [3.05, 3.63) is 95.2 Å². The predicted molar refractivity (Wildman–Crippen MR) is 123 cm³/mol. The summed E-state index contributed by atoms with van der Waals surface area (Å²) in [6.07, 6.45) is 2.70. The number of rotatable bonds is 5. The fraction of sp³-hybridized carbons (Fsp3) is 0.231. The van der Waals surface area contributed by atoms with E-state index in [-0.39, 0.29) is 5.92 Å². The minimum Gasteiger partial charge on any atom is -0.438 e. The van der Waals surface area contributed by atoms with Gasteiger partial charge in [-0.2, -0.15) is 0 Å². The minimum absolute atomic E-state index is 0.104. The van der Waals surface area contributed by atoms with Crippen LogP contribution < -0.4 is 10.2 Å². The van der Waals surface area contributed by atoms with E-state index >= 15 is 0 Å². The van der Waals surface area contributed by atoms with E-state index < -0.39 is 0 Å². The molecule has 2 heterocycles. The summed E-state index contributed by atoms with van der Waals surface area (Å²) >= 11 is 0. The van der Waals surface area contributed by atoms with Crippen LogP contribution in [0.25, 0.3) is 10.8 Å². The van der Waals surface area contributed by atoms with Crippen molar-refractivity contribution in [3.63, 3.8) is 0 Å². The summed E-state index contributed by atoms with van der Waals surface area (Å²) in [6, 6.07) is 22.9. The summed E-state index contributed by atoms with van der Waals surface area (Å²) in [5, 5.41) is 11.4. The summed E-state index contributed by atoms with van der Waals surface area (Å²) < 4.78 is 8.21.